The van der Waals surface area contributed by atoms with Gasteiger partial charge in [-0.15, -0.1) is 0 Å². The van der Waals surface area contributed by atoms with Crippen LogP contribution in [-0.4, -0.2) is 11.2 Å². The highest BCUT2D eigenvalue weighted by atomic mass is 32.1. The van der Waals surface area contributed by atoms with Crippen molar-refractivity contribution in [1.29, 1.82) is 0 Å². The van der Waals surface area contributed by atoms with Crippen LogP contribution >= 0.6 is 12.2 Å². The summed E-state index contributed by atoms with van der Waals surface area (Å²) in [6.07, 6.45) is 0. The molecule has 2 nitrogen and oxygen atoms in total. The third-order valence-electron chi connectivity index (χ3n) is 2.46. The third-order valence-corrected chi connectivity index (χ3v) is 2.70. The molecule has 1 aromatic carbocycles. The Hall–Kier alpha value is -1.16. The van der Waals surface area contributed by atoms with Gasteiger partial charge < -0.3 is 10.6 Å². The van der Waals surface area contributed by atoms with Gasteiger partial charge in [0.2, 0.25) is 0 Å². The van der Waals surface area contributed by atoms with Crippen molar-refractivity contribution in [3.05, 3.63) is 35.1 Å². The second-order valence-electron chi connectivity index (χ2n) is 4.50. The fourth-order valence-corrected chi connectivity index (χ4v) is 1.87. The molecular formula is C13H19FN2S. The van der Waals surface area contributed by atoms with Crippen LogP contribution in [0.3, 0.4) is 0 Å². The van der Waals surface area contributed by atoms with Gasteiger partial charge in [0.25, 0.3) is 0 Å². The summed E-state index contributed by atoms with van der Waals surface area (Å²) >= 11 is 5.15. The average Bonchev–Trinajstić information content (AvgIpc) is 2.20. The molecule has 0 amide bonds. The van der Waals surface area contributed by atoms with Crippen LogP contribution in [0.5, 0.6) is 0 Å². The topological polar surface area (TPSA) is 24.1 Å². The number of nitrogens with one attached hydrogen (secondary N) is 2. The van der Waals surface area contributed by atoms with E-state index in [2.05, 4.69) is 10.6 Å². The third kappa shape index (κ3) is 4.30. The second kappa shape index (κ2) is 5.96. The first kappa shape index (κ1) is 13.9. The molecule has 0 aliphatic heterocycles. The molecule has 0 radical (unpaired) electrons. The quantitative estimate of drug-likeness (QED) is 0.811. The lowest BCUT2D eigenvalue weighted by atomic mass is 10.1. The summed E-state index contributed by atoms with van der Waals surface area (Å²) in [5.74, 6) is -0.182. The van der Waals surface area contributed by atoms with Crippen LogP contribution < -0.4 is 10.6 Å². The van der Waals surface area contributed by atoms with Crippen molar-refractivity contribution in [3.63, 3.8) is 0 Å². The smallest absolute Gasteiger partial charge is 0.166 e. The van der Waals surface area contributed by atoms with Gasteiger partial charge >= 0.3 is 0 Å². The van der Waals surface area contributed by atoms with E-state index in [1.165, 1.54) is 0 Å². The highest BCUT2D eigenvalue weighted by molar-refractivity contribution is 7.80. The van der Waals surface area contributed by atoms with E-state index in [-0.39, 0.29) is 17.9 Å². The Balaban J connectivity index is 2.66. The lowest BCUT2D eigenvalue weighted by molar-refractivity contribution is 0.607. The zero-order valence-electron chi connectivity index (χ0n) is 10.7. The Kier molecular flexibility index (Phi) is 4.87. The lowest BCUT2D eigenvalue weighted by Gasteiger charge is -2.19. The van der Waals surface area contributed by atoms with Crippen molar-refractivity contribution in [1.82, 2.24) is 10.6 Å². The van der Waals surface area contributed by atoms with Crippen LogP contribution in [0.25, 0.3) is 0 Å². The maximum Gasteiger partial charge on any atom is 0.166 e. The van der Waals surface area contributed by atoms with E-state index in [4.69, 9.17) is 12.2 Å². The first-order valence-electron chi connectivity index (χ1n) is 5.73. The first-order chi connectivity index (χ1) is 7.90. The van der Waals surface area contributed by atoms with E-state index < -0.39 is 0 Å². The molecule has 1 unspecified atom stereocenters. The van der Waals surface area contributed by atoms with E-state index >= 15 is 0 Å². The van der Waals surface area contributed by atoms with E-state index in [0.717, 1.165) is 5.56 Å². The predicted octanol–water partition coefficient (Wildman–Crippen LogP) is 3.07. The van der Waals surface area contributed by atoms with Gasteiger partial charge in [0.05, 0.1) is 6.04 Å². The van der Waals surface area contributed by atoms with Gasteiger partial charge in [0.1, 0.15) is 5.82 Å². The molecule has 1 aromatic rings. The number of thiocarbonyl (C=S) groups is 1. The van der Waals surface area contributed by atoms with Crippen molar-refractivity contribution in [2.75, 3.05) is 0 Å². The van der Waals surface area contributed by atoms with Gasteiger partial charge in [-0.25, -0.2) is 4.39 Å². The van der Waals surface area contributed by atoms with Crippen molar-refractivity contribution in [2.45, 2.75) is 39.8 Å². The summed E-state index contributed by atoms with van der Waals surface area (Å²) in [6.45, 7) is 7.74. The lowest BCUT2D eigenvalue weighted by Crippen LogP contribution is -2.40. The summed E-state index contributed by atoms with van der Waals surface area (Å²) in [5, 5.41) is 6.82. The largest absolute Gasteiger partial charge is 0.361 e. The van der Waals surface area contributed by atoms with Crippen LogP contribution in [0, 0.1) is 12.7 Å². The number of benzene rings is 1. The van der Waals surface area contributed by atoms with Crippen LogP contribution in [0.1, 0.15) is 37.9 Å². The van der Waals surface area contributed by atoms with Gasteiger partial charge in [-0.2, -0.15) is 0 Å². The molecule has 1 rings (SSSR count). The number of rotatable bonds is 3. The fraction of sp³-hybridized carbons (Fsp3) is 0.462. The Morgan fingerprint density at radius 3 is 2.41 bits per heavy atom. The molecular weight excluding hydrogens is 235 g/mol. The number of halogens is 1. The van der Waals surface area contributed by atoms with Crippen LogP contribution in [-0.2, 0) is 0 Å². The molecule has 0 spiro atoms. The van der Waals surface area contributed by atoms with Gasteiger partial charge in [-0.3, -0.25) is 0 Å². The second-order valence-corrected chi connectivity index (χ2v) is 4.91. The first-order valence-corrected chi connectivity index (χ1v) is 6.14. The molecule has 17 heavy (non-hydrogen) atoms. The number of hydrogen-bond donors (Lipinski definition) is 2. The van der Waals surface area contributed by atoms with E-state index in [1.807, 2.05) is 26.8 Å². The minimum absolute atomic E-state index is 0.0103. The Labute approximate surface area is 108 Å². The van der Waals surface area contributed by atoms with Crippen LogP contribution in [0.15, 0.2) is 18.2 Å². The molecule has 0 bridgehead atoms. The van der Waals surface area contributed by atoms with Crippen molar-refractivity contribution in [3.8, 4) is 0 Å². The zero-order valence-corrected chi connectivity index (χ0v) is 11.5. The molecule has 2 N–H and O–H groups in total. The number of aryl methyl sites for hydroxylation is 1. The Morgan fingerprint density at radius 1 is 1.24 bits per heavy atom. The maximum absolute atomic E-state index is 13.4. The van der Waals surface area contributed by atoms with E-state index in [1.54, 1.807) is 19.1 Å². The molecule has 0 heterocycles. The summed E-state index contributed by atoms with van der Waals surface area (Å²) < 4.78 is 13.4. The monoisotopic (exact) mass is 254 g/mol. The molecule has 94 valence electrons. The zero-order chi connectivity index (χ0) is 13.0. The van der Waals surface area contributed by atoms with Gasteiger partial charge in [-0.05, 0) is 57.1 Å². The molecule has 4 heteroatoms. The highest BCUT2D eigenvalue weighted by Gasteiger charge is 2.09. The van der Waals surface area contributed by atoms with Crippen molar-refractivity contribution >= 4 is 17.3 Å². The minimum atomic E-state index is -0.182. The molecule has 0 saturated carbocycles. The molecule has 0 saturated heterocycles. The summed E-state index contributed by atoms with van der Waals surface area (Å²) in [6, 6.07) is 5.52. The normalized spacial score (nSPS) is 12.4. The summed E-state index contributed by atoms with van der Waals surface area (Å²) in [5.41, 5.74) is 1.55. The van der Waals surface area contributed by atoms with Gasteiger partial charge in [0, 0.05) is 6.04 Å². The average molecular weight is 254 g/mol. The SMILES string of the molecule is Cc1ccc(C(C)NC(=S)NC(C)C)cc1F. The molecule has 0 aromatic heterocycles. The number of hydrogen-bond acceptors (Lipinski definition) is 1. The summed E-state index contributed by atoms with van der Waals surface area (Å²) in [7, 11) is 0. The highest BCUT2D eigenvalue weighted by Crippen LogP contribution is 2.16. The fourth-order valence-electron chi connectivity index (χ4n) is 1.46. The Bertz CT molecular complexity index is 404. The standard InChI is InChI=1S/C13H19FN2S/c1-8(2)15-13(17)16-10(4)11-6-5-9(3)12(14)7-11/h5-8,10H,1-4H3,(H2,15,16,17). The maximum atomic E-state index is 13.4. The van der Waals surface area contributed by atoms with Crippen LogP contribution in [0.2, 0.25) is 0 Å². The van der Waals surface area contributed by atoms with E-state index in [0.29, 0.717) is 10.7 Å². The predicted molar refractivity (Wildman–Crippen MR) is 73.6 cm³/mol. The van der Waals surface area contributed by atoms with Crippen molar-refractivity contribution in [2.24, 2.45) is 0 Å². The van der Waals surface area contributed by atoms with Gasteiger partial charge in [-0.1, -0.05) is 12.1 Å². The molecule has 0 aliphatic carbocycles. The molecule has 0 fully saturated rings. The van der Waals surface area contributed by atoms with Gasteiger partial charge in [0.15, 0.2) is 5.11 Å². The summed E-state index contributed by atoms with van der Waals surface area (Å²) in [4.78, 5) is 0. The molecule has 0 aliphatic rings. The van der Waals surface area contributed by atoms with Crippen molar-refractivity contribution < 1.29 is 4.39 Å². The molecule has 1 atom stereocenters. The minimum Gasteiger partial charge on any atom is -0.361 e. The van der Waals surface area contributed by atoms with E-state index in [9.17, 15) is 4.39 Å². The van der Waals surface area contributed by atoms with Crippen LogP contribution in [0.4, 0.5) is 4.39 Å². The Morgan fingerprint density at radius 2 is 1.88 bits per heavy atom.